The van der Waals surface area contributed by atoms with Crippen molar-refractivity contribution in [3.8, 4) is 6.07 Å². The van der Waals surface area contributed by atoms with Crippen LogP contribution in [0.15, 0.2) is 0 Å². The second-order valence-corrected chi connectivity index (χ2v) is 7.35. The molecule has 0 aliphatic carbocycles. The number of hydrogen-bond acceptors (Lipinski definition) is 3. The summed E-state index contributed by atoms with van der Waals surface area (Å²) in [4.78, 5) is 2.53. The van der Waals surface area contributed by atoms with Gasteiger partial charge in [0.25, 0.3) is 0 Å². The highest BCUT2D eigenvalue weighted by molar-refractivity contribution is 5.04. The first-order chi connectivity index (χ1) is 8.76. The average molecular weight is 265 g/mol. The van der Waals surface area contributed by atoms with Crippen LogP contribution in [-0.2, 0) is 0 Å². The van der Waals surface area contributed by atoms with E-state index < -0.39 is 5.54 Å². The van der Waals surface area contributed by atoms with Crippen LogP contribution in [-0.4, -0.2) is 36.1 Å². The van der Waals surface area contributed by atoms with Crippen LogP contribution < -0.4 is 5.32 Å². The topological polar surface area (TPSA) is 39.1 Å². The largest absolute Gasteiger partial charge is 0.303 e. The van der Waals surface area contributed by atoms with Gasteiger partial charge >= 0.3 is 0 Å². The van der Waals surface area contributed by atoms with E-state index in [0.29, 0.717) is 11.5 Å². The minimum Gasteiger partial charge on any atom is -0.303 e. The highest BCUT2D eigenvalue weighted by atomic mass is 15.1. The lowest BCUT2D eigenvalue weighted by Gasteiger charge is -2.29. The normalized spacial score (nSPS) is 23.6. The number of likely N-dealkylation sites (tertiary alicyclic amines) is 1. The number of nitrogens with zero attached hydrogens (tertiary/aromatic N) is 2. The molecule has 110 valence electrons. The summed E-state index contributed by atoms with van der Waals surface area (Å²) in [6, 6.07) is 2.80. The van der Waals surface area contributed by atoms with Gasteiger partial charge in [0.15, 0.2) is 0 Å². The minimum atomic E-state index is -0.393. The second kappa shape index (κ2) is 6.72. The zero-order valence-electron chi connectivity index (χ0n) is 13.4. The summed E-state index contributed by atoms with van der Waals surface area (Å²) in [7, 11) is 0. The predicted octanol–water partition coefficient (Wildman–Crippen LogP) is 3.17. The Labute approximate surface area is 119 Å². The molecule has 0 spiro atoms. The first kappa shape index (κ1) is 16.5. The van der Waals surface area contributed by atoms with Crippen LogP contribution in [0.5, 0.6) is 0 Å². The van der Waals surface area contributed by atoms with Gasteiger partial charge in [-0.15, -0.1) is 0 Å². The van der Waals surface area contributed by atoms with Crippen molar-refractivity contribution in [3.63, 3.8) is 0 Å². The molecule has 1 N–H and O–H groups in total. The molecule has 1 rings (SSSR count). The van der Waals surface area contributed by atoms with Crippen LogP contribution in [0.3, 0.4) is 0 Å². The molecule has 3 heteroatoms. The average Bonchev–Trinajstić information content (AvgIpc) is 2.47. The Balaban J connectivity index is 2.45. The van der Waals surface area contributed by atoms with Crippen molar-refractivity contribution in [2.24, 2.45) is 5.41 Å². The van der Waals surface area contributed by atoms with Gasteiger partial charge in [0.05, 0.1) is 6.07 Å². The molecule has 1 saturated heterocycles. The molecule has 1 unspecified atom stereocenters. The summed E-state index contributed by atoms with van der Waals surface area (Å²) < 4.78 is 0. The molecule has 1 aliphatic heterocycles. The fraction of sp³-hybridized carbons (Fsp3) is 0.938. The van der Waals surface area contributed by atoms with Gasteiger partial charge in [-0.1, -0.05) is 13.8 Å². The van der Waals surface area contributed by atoms with Crippen molar-refractivity contribution >= 4 is 0 Å². The van der Waals surface area contributed by atoms with Crippen LogP contribution in [0.25, 0.3) is 0 Å². The van der Waals surface area contributed by atoms with Gasteiger partial charge in [-0.3, -0.25) is 5.32 Å². The zero-order valence-corrected chi connectivity index (χ0v) is 13.4. The Kier molecular flexibility index (Phi) is 5.82. The number of rotatable bonds is 5. The SMILES string of the molecule is CC(C)NC(C)(C#N)CCN1CCCC(C)(C)CC1. The summed E-state index contributed by atoms with van der Waals surface area (Å²) in [6.45, 7) is 14.4. The lowest BCUT2D eigenvalue weighted by atomic mass is 9.85. The monoisotopic (exact) mass is 265 g/mol. The minimum absolute atomic E-state index is 0.354. The molecule has 0 aromatic heterocycles. The molecule has 1 atom stereocenters. The highest BCUT2D eigenvalue weighted by Crippen LogP contribution is 2.30. The van der Waals surface area contributed by atoms with Crippen LogP contribution in [0.1, 0.15) is 60.3 Å². The van der Waals surface area contributed by atoms with Crippen molar-refractivity contribution < 1.29 is 0 Å². The fourth-order valence-corrected chi connectivity index (χ4v) is 2.88. The van der Waals surface area contributed by atoms with Crippen molar-refractivity contribution in [1.82, 2.24) is 10.2 Å². The quantitative estimate of drug-likeness (QED) is 0.830. The third-order valence-corrected chi connectivity index (χ3v) is 4.21. The summed E-state index contributed by atoms with van der Waals surface area (Å²) in [5, 5.41) is 12.8. The molecule has 0 aromatic rings. The van der Waals surface area contributed by atoms with E-state index in [1.807, 2.05) is 6.92 Å². The van der Waals surface area contributed by atoms with Crippen molar-refractivity contribution in [2.75, 3.05) is 19.6 Å². The van der Waals surface area contributed by atoms with Crippen molar-refractivity contribution in [3.05, 3.63) is 0 Å². The molecular formula is C16H31N3. The molecule has 1 heterocycles. The van der Waals surface area contributed by atoms with E-state index in [9.17, 15) is 5.26 Å². The number of nitrogens with one attached hydrogen (secondary N) is 1. The number of hydrogen-bond donors (Lipinski definition) is 1. The molecule has 1 fully saturated rings. The third-order valence-electron chi connectivity index (χ3n) is 4.21. The summed E-state index contributed by atoms with van der Waals surface area (Å²) >= 11 is 0. The van der Waals surface area contributed by atoms with Crippen molar-refractivity contribution in [1.29, 1.82) is 5.26 Å². The Morgan fingerprint density at radius 1 is 1.32 bits per heavy atom. The Bertz CT molecular complexity index is 316. The molecule has 0 aromatic carbocycles. The predicted molar refractivity (Wildman–Crippen MR) is 81.0 cm³/mol. The van der Waals surface area contributed by atoms with Gasteiger partial charge < -0.3 is 4.90 Å². The summed E-state index contributed by atoms with van der Waals surface area (Å²) in [5.41, 5.74) is 0.0967. The molecular weight excluding hydrogens is 234 g/mol. The van der Waals surface area contributed by atoms with Gasteiger partial charge in [0.2, 0.25) is 0 Å². The van der Waals surface area contributed by atoms with Gasteiger partial charge in [-0.05, 0) is 65.0 Å². The zero-order chi connectivity index (χ0) is 14.5. The van der Waals surface area contributed by atoms with Gasteiger partial charge in [0, 0.05) is 12.6 Å². The second-order valence-electron chi connectivity index (χ2n) is 7.35. The summed E-state index contributed by atoms with van der Waals surface area (Å²) in [5.74, 6) is 0. The maximum Gasteiger partial charge on any atom is 0.105 e. The molecule has 0 amide bonds. The van der Waals surface area contributed by atoms with Crippen LogP contribution in [0, 0.1) is 16.7 Å². The maximum atomic E-state index is 9.37. The summed E-state index contributed by atoms with van der Waals surface area (Å²) in [6.07, 6.45) is 4.78. The van der Waals surface area contributed by atoms with Crippen LogP contribution in [0.2, 0.25) is 0 Å². The van der Waals surface area contributed by atoms with Crippen LogP contribution in [0.4, 0.5) is 0 Å². The lowest BCUT2D eigenvalue weighted by molar-refractivity contribution is 0.236. The first-order valence-electron chi connectivity index (χ1n) is 7.68. The van der Waals surface area contributed by atoms with E-state index in [4.69, 9.17) is 0 Å². The Hall–Kier alpha value is -0.590. The number of nitriles is 1. The molecule has 1 aliphatic rings. The van der Waals surface area contributed by atoms with Crippen LogP contribution >= 0.6 is 0 Å². The van der Waals surface area contributed by atoms with E-state index in [1.165, 1.54) is 32.4 Å². The standard InChI is InChI=1S/C16H31N3/c1-14(2)18-16(5,13-17)9-12-19-10-6-7-15(3,4)8-11-19/h14,18H,6-12H2,1-5H3. The van der Waals surface area contributed by atoms with E-state index in [1.54, 1.807) is 0 Å². The molecule has 3 nitrogen and oxygen atoms in total. The molecule has 0 bridgehead atoms. The van der Waals surface area contributed by atoms with Crippen molar-refractivity contribution in [2.45, 2.75) is 71.9 Å². The van der Waals surface area contributed by atoms with Gasteiger partial charge in [-0.25, -0.2) is 0 Å². The van der Waals surface area contributed by atoms with Gasteiger partial charge in [-0.2, -0.15) is 5.26 Å². The first-order valence-corrected chi connectivity index (χ1v) is 7.68. The third kappa shape index (κ3) is 5.93. The smallest absolute Gasteiger partial charge is 0.105 e. The molecule has 19 heavy (non-hydrogen) atoms. The molecule has 0 radical (unpaired) electrons. The fourth-order valence-electron chi connectivity index (χ4n) is 2.88. The Morgan fingerprint density at radius 3 is 2.58 bits per heavy atom. The van der Waals surface area contributed by atoms with E-state index in [0.717, 1.165) is 13.0 Å². The lowest BCUT2D eigenvalue weighted by Crippen LogP contribution is -2.47. The van der Waals surface area contributed by atoms with E-state index >= 15 is 0 Å². The van der Waals surface area contributed by atoms with E-state index in [2.05, 4.69) is 44.0 Å². The highest BCUT2D eigenvalue weighted by Gasteiger charge is 2.27. The van der Waals surface area contributed by atoms with Gasteiger partial charge in [0.1, 0.15) is 5.54 Å². The maximum absolute atomic E-state index is 9.37. The molecule has 0 saturated carbocycles. The Morgan fingerprint density at radius 2 is 2.00 bits per heavy atom. The van der Waals surface area contributed by atoms with E-state index in [-0.39, 0.29) is 0 Å².